The molecule has 2 aromatic carbocycles. The lowest BCUT2D eigenvalue weighted by Crippen LogP contribution is -2.52. The zero-order valence-electron chi connectivity index (χ0n) is 26.1. The van der Waals surface area contributed by atoms with Crippen molar-refractivity contribution in [2.24, 2.45) is 0 Å². The molecule has 0 bridgehead atoms. The number of halogens is 3. The molecule has 3 aromatic rings. The van der Waals surface area contributed by atoms with Gasteiger partial charge in [0.05, 0.1) is 51.9 Å². The maximum absolute atomic E-state index is 12.1. The second-order valence-corrected chi connectivity index (χ2v) is 15.3. The first-order chi connectivity index (χ1) is 21.9. The van der Waals surface area contributed by atoms with E-state index in [9.17, 15) is 8.42 Å². The normalized spacial score (nSPS) is 19.2. The van der Waals surface area contributed by atoms with Crippen LogP contribution in [0.3, 0.4) is 0 Å². The molecule has 0 radical (unpaired) electrons. The van der Waals surface area contributed by atoms with Crippen LogP contribution in [0, 0.1) is 0 Å². The van der Waals surface area contributed by atoms with Gasteiger partial charge in [-0.2, -0.15) is 4.98 Å². The Balaban J connectivity index is 1.15. The Labute approximate surface area is 285 Å². The molecule has 4 heterocycles. The first-order valence-electron chi connectivity index (χ1n) is 15.4. The molecular formula is C31H39Cl3N8O3S. The third-order valence-electron chi connectivity index (χ3n) is 8.88. The van der Waals surface area contributed by atoms with E-state index >= 15 is 0 Å². The number of likely N-dealkylation sites (tertiary alicyclic amines) is 1. The zero-order chi connectivity index (χ0) is 32.6. The molecule has 3 aliphatic rings. The summed E-state index contributed by atoms with van der Waals surface area (Å²) in [6.07, 6.45) is 7.91. The van der Waals surface area contributed by atoms with Gasteiger partial charge in [-0.15, -0.1) is 0 Å². The van der Waals surface area contributed by atoms with Crippen LogP contribution >= 0.6 is 34.8 Å². The summed E-state index contributed by atoms with van der Waals surface area (Å²) < 4.78 is 32.4. The van der Waals surface area contributed by atoms with E-state index < -0.39 is 10.0 Å². The molecule has 6 rings (SSSR count). The summed E-state index contributed by atoms with van der Waals surface area (Å²) in [7, 11) is 0.811. The maximum Gasteiger partial charge on any atom is 0.229 e. The van der Waals surface area contributed by atoms with E-state index in [1.807, 2.05) is 6.07 Å². The summed E-state index contributed by atoms with van der Waals surface area (Å²) in [6, 6.07) is 8.36. The molecule has 11 nitrogen and oxygen atoms in total. The van der Waals surface area contributed by atoms with Gasteiger partial charge in [0, 0.05) is 44.2 Å². The fourth-order valence-electron chi connectivity index (χ4n) is 6.46. The predicted molar refractivity (Wildman–Crippen MR) is 188 cm³/mol. The standard InChI is InChI=1S/C31H39Cl3N8O3S/c1-40(2)21-5-4-9-42(18-21)20-6-10-41(11-7-20)28-15-22(32)25(14-23(28)33)37-31-35-17-24(34)30(38-31)36-26-16-29-19(8-12-45-29)13-27(26)39-46(3,43)44/h13-17,20-21,39H,4-12,18H2,1-3H3,(H2,35,36,37,38). The molecule has 0 saturated carbocycles. The number of sulfonamides is 1. The summed E-state index contributed by atoms with van der Waals surface area (Å²) in [4.78, 5) is 16.2. The van der Waals surface area contributed by atoms with Crippen LogP contribution in [0.2, 0.25) is 15.1 Å². The molecule has 15 heteroatoms. The van der Waals surface area contributed by atoms with Gasteiger partial charge in [-0.05, 0) is 70.1 Å². The van der Waals surface area contributed by atoms with Gasteiger partial charge in [0.15, 0.2) is 5.82 Å². The fraction of sp³-hybridized carbons (Fsp3) is 0.484. The summed E-state index contributed by atoms with van der Waals surface area (Å²) in [6.45, 7) is 4.66. The Hall–Kier alpha value is -2.74. The first-order valence-corrected chi connectivity index (χ1v) is 18.4. The van der Waals surface area contributed by atoms with E-state index in [2.05, 4.69) is 54.1 Å². The van der Waals surface area contributed by atoms with E-state index in [1.54, 1.807) is 18.2 Å². The molecule has 46 heavy (non-hydrogen) atoms. The fourth-order valence-corrected chi connectivity index (χ4v) is 7.65. The third kappa shape index (κ3) is 7.69. The molecule has 3 aliphatic heterocycles. The van der Waals surface area contributed by atoms with Crippen molar-refractivity contribution in [3.05, 3.63) is 51.1 Å². The molecule has 1 aromatic heterocycles. The van der Waals surface area contributed by atoms with Gasteiger partial charge in [-0.3, -0.25) is 9.62 Å². The van der Waals surface area contributed by atoms with Crippen LogP contribution in [0.5, 0.6) is 5.75 Å². The Morgan fingerprint density at radius 1 is 0.935 bits per heavy atom. The molecule has 0 amide bonds. The highest BCUT2D eigenvalue weighted by molar-refractivity contribution is 7.92. The molecule has 1 unspecified atom stereocenters. The smallest absolute Gasteiger partial charge is 0.229 e. The SMILES string of the molecule is CN(C)C1CCCN(C2CCN(c3cc(Cl)c(Nc4ncc(Cl)c(Nc5cc6c(cc5NS(C)(=O)=O)CCO6)n4)cc3Cl)CC2)C1. The van der Waals surface area contributed by atoms with Gasteiger partial charge >= 0.3 is 0 Å². The Bertz CT molecular complexity index is 1700. The number of benzene rings is 2. The average Bonchev–Trinajstić information content (AvgIpc) is 3.47. The van der Waals surface area contributed by atoms with Crippen LogP contribution in [-0.4, -0.2) is 93.4 Å². The van der Waals surface area contributed by atoms with Crippen molar-refractivity contribution in [2.45, 2.75) is 44.2 Å². The van der Waals surface area contributed by atoms with Crippen molar-refractivity contribution in [1.82, 2.24) is 19.8 Å². The molecule has 248 valence electrons. The molecule has 0 aliphatic carbocycles. The Morgan fingerprint density at radius 2 is 1.72 bits per heavy atom. The number of rotatable bonds is 9. The predicted octanol–water partition coefficient (Wildman–Crippen LogP) is 6.23. The number of hydrogen-bond donors (Lipinski definition) is 3. The van der Waals surface area contributed by atoms with Gasteiger partial charge in [-0.1, -0.05) is 34.8 Å². The lowest BCUT2D eigenvalue weighted by atomic mass is 9.97. The van der Waals surface area contributed by atoms with E-state index in [1.165, 1.54) is 25.6 Å². The number of likely N-dealkylation sites (N-methyl/N-ethyl adjacent to an activating group) is 1. The van der Waals surface area contributed by atoms with Crippen LogP contribution in [0.1, 0.15) is 31.2 Å². The second kappa shape index (κ2) is 13.8. The van der Waals surface area contributed by atoms with Crippen molar-refractivity contribution >= 4 is 79.3 Å². The second-order valence-electron chi connectivity index (χ2n) is 12.4. The number of nitrogens with zero attached hydrogens (tertiary/aromatic N) is 5. The zero-order valence-corrected chi connectivity index (χ0v) is 29.2. The number of anilines is 6. The number of fused-ring (bicyclic) bond motifs is 1. The number of hydrogen-bond acceptors (Lipinski definition) is 10. The molecule has 0 spiro atoms. The molecular weight excluding hydrogens is 671 g/mol. The summed E-state index contributed by atoms with van der Waals surface area (Å²) in [5.74, 6) is 1.16. The van der Waals surface area contributed by atoms with Gasteiger partial charge in [-0.25, -0.2) is 13.4 Å². The topological polar surface area (TPSA) is 115 Å². The van der Waals surface area contributed by atoms with Crippen molar-refractivity contribution in [3.63, 3.8) is 0 Å². The number of aromatic nitrogens is 2. The van der Waals surface area contributed by atoms with Crippen LogP contribution in [-0.2, 0) is 16.4 Å². The Kier molecular flexibility index (Phi) is 9.94. The lowest BCUT2D eigenvalue weighted by Gasteiger charge is -2.44. The monoisotopic (exact) mass is 708 g/mol. The summed E-state index contributed by atoms with van der Waals surface area (Å²) >= 11 is 20.0. The number of piperidine rings is 2. The number of nitrogens with one attached hydrogen (secondary N) is 3. The maximum atomic E-state index is 12.1. The van der Waals surface area contributed by atoms with Crippen LogP contribution < -0.4 is 25.0 Å². The number of ether oxygens (including phenoxy) is 1. The van der Waals surface area contributed by atoms with Gasteiger partial charge in [0.25, 0.3) is 0 Å². The van der Waals surface area contributed by atoms with Gasteiger partial charge < -0.3 is 25.2 Å². The van der Waals surface area contributed by atoms with E-state index in [0.29, 0.717) is 58.0 Å². The quantitative estimate of drug-likeness (QED) is 0.237. The molecule has 3 N–H and O–H groups in total. The molecule has 2 saturated heterocycles. The minimum Gasteiger partial charge on any atom is -0.493 e. The minimum atomic E-state index is -3.55. The average molecular weight is 710 g/mol. The van der Waals surface area contributed by atoms with Crippen molar-refractivity contribution in [2.75, 3.05) is 73.4 Å². The van der Waals surface area contributed by atoms with Crippen LogP contribution in [0.4, 0.5) is 34.5 Å². The minimum absolute atomic E-state index is 0.228. The van der Waals surface area contributed by atoms with Crippen molar-refractivity contribution in [1.29, 1.82) is 0 Å². The molecule has 2 fully saturated rings. The largest absolute Gasteiger partial charge is 0.493 e. The highest BCUT2D eigenvalue weighted by Crippen LogP contribution is 2.40. The van der Waals surface area contributed by atoms with Crippen molar-refractivity contribution < 1.29 is 13.2 Å². The Morgan fingerprint density at radius 3 is 2.46 bits per heavy atom. The van der Waals surface area contributed by atoms with Crippen molar-refractivity contribution in [3.8, 4) is 5.75 Å². The van der Waals surface area contributed by atoms with E-state index in [-0.39, 0.29) is 16.8 Å². The summed E-state index contributed by atoms with van der Waals surface area (Å²) in [5, 5.41) is 7.58. The van der Waals surface area contributed by atoms with E-state index in [4.69, 9.17) is 39.5 Å². The van der Waals surface area contributed by atoms with Gasteiger partial charge in [0.1, 0.15) is 10.8 Å². The molecule has 1 atom stereocenters. The first kappa shape index (κ1) is 33.2. The van der Waals surface area contributed by atoms with Gasteiger partial charge in [0.2, 0.25) is 16.0 Å². The van der Waals surface area contributed by atoms with Crippen LogP contribution in [0.15, 0.2) is 30.5 Å². The van der Waals surface area contributed by atoms with Crippen LogP contribution in [0.25, 0.3) is 0 Å². The lowest BCUT2D eigenvalue weighted by molar-refractivity contribution is 0.0846. The highest BCUT2D eigenvalue weighted by atomic mass is 35.5. The summed E-state index contributed by atoms with van der Waals surface area (Å²) in [5.41, 5.74) is 3.16. The third-order valence-corrected chi connectivity index (χ3v) is 10.4. The van der Waals surface area contributed by atoms with E-state index in [0.717, 1.165) is 50.0 Å². The highest BCUT2D eigenvalue weighted by Gasteiger charge is 2.30.